The molecule has 2 saturated heterocycles. The van der Waals surface area contributed by atoms with E-state index in [0.29, 0.717) is 12.0 Å². The van der Waals surface area contributed by atoms with E-state index >= 15 is 0 Å². The molecular weight excluding hydrogens is 459 g/mol. The Hall–Kier alpha value is -0.380. The van der Waals surface area contributed by atoms with Crippen molar-refractivity contribution < 1.29 is 4.74 Å². The number of thiophene rings is 1. The first-order chi connectivity index (χ1) is 12.3. The van der Waals surface area contributed by atoms with Crippen LogP contribution in [-0.2, 0) is 11.2 Å². The molecule has 2 unspecified atom stereocenters. The highest BCUT2D eigenvalue weighted by Crippen LogP contribution is 2.18. The van der Waals surface area contributed by atoms with E-state index in [1.807, 2.05) is 11.3 Å². The van der Waals surface area contributed by atoms with Crippen molar-refractivity contribution in [2.75, 3.05) is 52.5 Å². The molecule has 5 nitrogen and oxygen atoms in total. The zero-order valence-electron chi connectivity index (χ0n) is 16.0. The Morgan fingerprint density at radius 3 is 2.88 bits per heavy atom. The van der Waals surface area contributed by atoms with Crippen molar-refractivity contribution >= 4 is 41.3 Å². The van der Waals surface area contributed by atoms with Gasteiger partial charge in [-0.2, -0.15) is 0 Å². The lowest BCUT2D eigenvalue weighted by atomic mass is 10.1. The summed E-state index contributed by atoms with van der Waals surface area (Å²) in [7, 11) is 0. The van der Waals surface area contributed by atoms with Crippen LogP contribution < -0.4 is 5.32 Å². The number of guanidine groups is 1. The number of hydrogen-bond acceptors (Lipinski definition) is 4. The Morgan fingerprint density at radius 2 is 2.19 bits per heavy atom. The minimum Gasteiger partial charge on any atom is -0.379 e. The molecule has 2 fully saturated rings. The van der Waals surface area contributed by atoms with Crippen LogP contribution in [0.2, 0.25) is 0 Å². The van der Waals surface area contributed by atoms with E-state index < -0.39 is 0 Å². The highest BCUT2D eigenvalue weighted by Gasteiger charge is 2.30. The van der Waals surface area contributed by atoms with Gasteiger partial charge >= 0.3 is 0 Å². The molecule has 2 aliphatic heterocycles. The van der Waals surface area contributed by atoms with Crippen LogP contribution in [-0.4, -0.2) is 74.3 Å². The predicted molar refractivity (Wildman–Crippen MR) is 121 cm³/mol. The van der Waals surface area contributed by atoms with Gasteiger partial charge in [0.05, 0.1) is 13.2 Å². The second-order valence-corrected chi connectivity index (χ2v) is 8.15. The van der Waals surface area contributed by atoms with E-state index in [9.17, 15) is 0 Å². The summed E-state index contributed by atoms with van der Waals surface area (Å²) in [6, 6.07) is 5.01. The molecule has 0 amide bonds. The number of ether oxygens (including phenoxy) is 1. The van der Waals surface area contributed by atoms with E-state index in [2.05, 4.69) is 46.5 Å². The quantitative estimate of drug-likeness (QED) is 0.377. The second kappa shape index (κ2) is 11.5. The first-order valence-corrected chi connectivity index (χ1v) is 10.5. The summed E-state index contributed by atoms with van der Waals surface area (Å²) < 4.78 is 5.49. The summed E-state index contributed by atoms with van der Waals surface area (Å²) in [6.07, 6.45) is 2.35. The van der Waals surface area contributed by atoms with Gasteiger partial charge in [0.1, 0.15) is 0 Å². The SMILES string of the molecule is CCNC(=NCC(C)Cc1cccs1)N1CCC(N2CCOCC2)C1.I. The van der Waals surface area contributed by atoms with Gasteiger partial charge in [0.25, 0.3) is 0 Å². The molecule has 2 atom stereocenters. The Morgan fingerprint density at radius 1 is 1.38 bits per heavy atom. The van der Waals surface area contributed by atoms with Gasteiger partial charge in [0.2, 0.25) is 0 Å². The smallest absolute Gasteiger partial charge is 0.193 e. The maximum atomic E-state index is 5.49. The Labute approximate surface area is 179 Å². The Balaban J connectivity index is 0.00000243. The van der Waals surface area contributed by atoms with Crippen molar-refractivity contribution in [3.05, 3.63) is 22.4 Å². The Bertz CT molecular complexity index is 534. The topological polar surface area (TPSA) is 40.1 Å². The van der Waals surface area contributed by atoms with E-state index in [0.717, 1.165) is 64.9 Å². The van der Waals surface area contributed by atoms with Crippen molar-refractivity contribution in [3.63, 3.8) is 0 Å². The lowest BCUT2D eigenvalue weighted by Crippen LogP contribution is -2.46. The van der Waals surface area contributed by atoms with Gasteiger partial charge in [0.15, 0.2) is 5.96 Å². The second-order valence-electron chi connectivity index (χ2n) is 7.12. The van der Waals surface area contributed by atoms with E-state index in [1.54, 1.807) is 0 Å². The molecule has 1 N–H and O–H groups in total. The minimum absolute atomic E-state index is 0. The number of morpholine rings is 1. The largest absolute Gasteiger partial charge is 0.379 e. The van der Waals surface area contributed by atoms with E-state index in [-0.39, 0.29) is 24.0 Å². The fourth-order valence-corrected chi connectivity index (χ4v) is 4.55. The molecule has 0 bridgehead atoms. The van der Waals surface area contributed by atoms with Crippen LogP contribution in [0.3, 0.4) is 0 Å². The van der Waals surface area contributed by atoms with Crippen LogP contribution in [0.4, 0.5) is 0 Å². The van der Waals surface area contributed by atoms with Gasteiger partial charge in [-0.1, -0.05) is 13.0 Å². The predicted octanol–water partition coefficient (Wildman–Crippen LogP) is 2.92. The lowest BCUT2D eigenvalue weighted by molar-refractivity contribution is 0.0195. The molecule has 0 aliphatic carbocycles. The van der Waals surface area contributed by atoms with Crippen LogP contribution in [0.5, 0.6) is 0 Å². The number of likely N-dealkylation sites (tertiary alicyclic amines) is 1. The highest BCUT2D eigenvalue weighted by atomic mass is 127. The summed E-state index contributed by atoms with van der Waals surface area (Å²) in [5, 5.41) is 5.66. The van der Waals surface area contributed by atoms with E-state index in [1.165, 1.54) is 11.3 Å². The zero-order chi connectivity index (χ0) is 17.5. The monoisotopic (exact) mass is 492 g/mol. The number of rotatable bonds is 6. The minimum atomic E-state index is 0. The Kier molecular flexibility index (Phi) is 9.66. The van der Waals surface area contributed by atoms with Crippen molar-refractivity contribution in [2.24, 2.45) is 10.9 Å². The number of nitrogens with one attached hydrogen (secondary N) is 1. The molecule has 3 rings (SSSR count). The van der Waals surface area contributed by atoms with Crippen LogP contribution in [0.25, 0.3) is 0 Å². The maximum absolute atomic E-state index is 5.49. The summed E-state index contributed by atoms with van der Waals surface area (Å²) in [4.78, 5) is 11.4. The molecular formula is C19H33IN4OS. The van der Waals surface area contributed by atoms with Crippen LogP contribution >= 0.6 is 35.3 Å². The van der Waals surface area contributed by atoms with Gasteiger partial charge in [-0.05, 0) is 37.1 Å². The van der Waals surface area contributed by atoms with Crippen molar-refractivity contribution in [2.45, 2.75) is 32.7 Å². The van der Waals surface area contributed by atoms with Gasteiger partial charge in [0, 0.05) is 50.2 Å². The summed E-state index contributed by atoms with van der Waals surface area (Å²) in [5.74, 6) is 1.67. The van der Waals surface area contributed by atoms with Gasteiger partial charge in [-0.15, -0.1) is 35.3 Å². The van der Waals surface area contributed by atoms with Crippen LogP contribution in [0.15, 0.2) is 22.5 Å². The molecule has 2 aliphatic rings. The third-order valence-electron chi connectivity index (χ3n) is 5.04. The molecule has 26 heavy (non-hydrogen) atoms. The van der Waals surface area contributed by atoms with Crippen molar-refractivity contribution in [1.29, 1.82) is 0 Å². The normalized spacial score (nSPS) is 22.9. The molecule has 0 saturated carbocycles. The first kappa shape index (κ1) is 21.9. The molecule has 0 aromatic carbocycles. The van der Waals surface area contributed by atoms with Crippen molar-refractivity contribution in [1.82, 2.24) is 15.1 Å². The summed E-state index contributed by atoms with van der Waals surface area (Å²) in [6.45, 7) is 12.4. The highest BCUT2D eigenvalue weighted by molar-refractivity contribution is 14.0. The van der Waals surface area contributed by atoms with Gasteiger partial charge < -0.3 is 15.0 Å². The molecule has 148 valence electrons. The fourth-order valence-electron chi connectivity index (χ4n) is 3.68. The molecule has 0 spiro atoms. The van der Waals surface area contributed by atoms with Gasteiger partial charge in [-0.25, -0.2) is 0 Å². The van der Waals surface area contributed by atoms with Crippen LogP contribution in [0, 0.1) is 5.92 Å². The van der Waals surface area contributed by atoms with Gasteiger partial charge in [-0.3, -0.25) is 9.89 Å². The van der Waals surface area contributed by atoms with E-state index in [4.69, 9.17) is 9.73 Å². The third kappa shape index (κ3) is 6.35. The molecule has 0 radical (unpaired) electrons. The maximum Gasteiger partial charge on any atom is 0.193 e. The number of hydrogen-bond donors (Lipinski definition) is 1. The number of halogens is 1. The molecule has 1 aromatic rings. The zero-order valence-corrected chi connectivity index (χ0v) is 19.2. The average Bonchev–Trinajstić information content (AvgIpc) is 3.31. The molecule has 7 heteroatoms. The standard InChI is InChI=1S/C19H32N4OS.HI/c1-3-20-19(21-14-16(2)13-18-5-4-12-25-18)23-7-6-17(15-23)22-8-10-24-11-9-22;/h4-5,12,16-17H,3,6-11,13-15H2,1-2H3,(H,20,21);1H. The number of aliphatic imine (C=N–C) groups is 1. The molecule has 1 aromatic heterocycles. The molecule has 3 heterocycles. The summed E-state index contributed by atoms with van der Waals surface area (Å²) >= 11 is 1.85. The lowest BCUT2D eigenvalue weighted by Gasteiger charge is -2.32. The van der Waals surface area contributed by atoms with Crippen molar-refractivity contribution in [3.8, 4) is 0 Å². The summed E-state index contributed by atoms with van der Waals surface area (Å²) in [5.41, 5.74) is 0. The average molecular weight is 492 g/mol. The number of nitrogens with zero attached hydrogens (tertiary/aromatic N) is 3. The first-order valence-electron chi connectivity index (χ1n) is 9.63. The third-order valence-corrected chi connectivity index (χ3v) is 5.94. The fraction of sp³-hybridized carbons (Fsp3) is 0.737. The van der Waals surface area contributed by atoms with Crippen LogP contribution in [0.1, 0.15) is 25.1 Å².